The lowest BCUT2D eigenvalue weighted by Crippen LogP contribution is -2.45. The van der Waals surface area contributed by atoms with E-state index in [2.05, 4.69) is 21.2 Å². The lowest BCUT2D eigenvalue weighted by atomic mass is 9.98. The molecule has 1 saturated heterocycles. The number of rotatable bonds is 6. The Labute approximate surface area is 209 Å². The van der Waals surface area contributed by atoms with Gasteiger partial charge in [-0.15, -0.1) is 0 Å². The molecule has 2 amide bonds. The summed E-state index contributed by atoms with van der Waals surface area (Å²) >= 11 is 3.44. The molecule has 34 heavy (non-hydrogen) atoms. The lowest BCUT2D eigenvalue weighted by Gasteiger charge is -2.32. The molecule has 0 aromatic heterocycles. The minimum Gasteiger partial charge on any atom is -0.349 e. The van der Waals surface area contributed by atoms with Gasteiger partial charge in [-0.2, -0.15) is 4.31 Å². The van der Waals surface area contributed by atoms with Gasteiger partial charge in [0.2, 0.25) is 21.8 Å². The van der Waals surface area contributed by atoms with E-state index in [-0.39, 0.29) is 29.3 Å². The summed E-state index contributed by atoms with van der Waals surface area (Å²) in [7, 11) is -3.85. The maximum Gasteiger partial charge on any atom is 0.244 e. The minimum atomic E-state index is -3.85. The first kappa shape index (κ1) is 24.9. The van der Waals surface area contributed by atoms with Crippen molar-refractivity contribution in [2.24, 2.45) is 5.92 Å². The summed E-state index contributed by atoms with van der Waals surface area (Å²) in [6.07, 6.45) is 2.32. The van der Waals surface area contributed by atoms with Gasteiger partial charge in [0.1, 0.15) is 0 Å². The van der Waals surface area contributed by atoms with Crippen LogP contribution in [0.4, 0.5) is 5.69 Å². The van der Waals surface area contributed by atoms with Gasteiger partial charge < -0.3 is 10.2 Å². The summed E-state index contributed by atoms with van der Waals surface area (Å²) in [6, 6.07) is 13.0. The molecule has 0 spiro atoms. The zero-order valence-electron chi connectivity index (χ0n) is 19.5. The predicted molar refractivity (Wildman–Crippen MR) is 135 cm³/mol. The van der Waals surface area contributed by atoms with Gasteiger partial charge in [-0.05, 0) is 65.4 Å². The number of nitrogens with one attached hydrogen (secondary N) is 1. The molecule has 0 aliphatic carbocycles. The molecule has 1 fully saturated rings. The highest BCUT2D eigenvalue weighted by atomic mass is 79.9. The summed E-state index contributed by atoms with van der Waals surface area (Å²) in [4.78, 5) is 27.1. The minimum absolute atomic E-state index is 0.0216. The highest BCUT2D eigenvalue weighted by molar-refractivity contribution is 9.10. The highest BCUT2D eigenvalue weighted by Gasteiger charge is 2.36. The van der Waals surface area contributed by atoms with E-state index in [1.807, 2.05) is 37.3 Å². The number of carbonyl (C=O) groups is 2. The number of amides is 2. The molecule has 1 N–H and O–H groups in total. The van der Waals surface area contributed by atoms with Crippen LogP contribution in [0.5, 0.6) is 0 Å². The third kappa shape index (κ3) is 4.92. The van der Waals surface area contributed by atoms with Crippen LogP contribution in [0.15, 0.2) is 51.8 Å². The average Bonchev–Trinajstić information content (AvgIpc) is 3.26. The van der Waals surface area contributed by atoms with E-state index < -0.39 is 15.9 Å². The molecule has 2 aromatic rings. The van der Waals surface area contributed by atoms with E-state index in [1.165, 1.54) is 4.31 Å². The number of carbonyl (C=O) groups excluding carboxylic acids is 2. The molecule has 0 unspecified atom stereocenters. The van der Waals surface area contributed by atoms with Crippen molar-refractivity contribution in [2.45, 2.75) is 50.5 Å². The summed E-state index contributed by atoms with van der Waals surface area (Å²) < 4.78 is 29.1. The van der Waals surface area contributed by atoms with Crippen LogP contribution in [0.1, 0.15) is 50.3 Å². The molecule has 0 saturated carbocycles. The van der Waals surface area contributed by atoms with Crippen molar-refractivity contribution in [3.63, 3.8) is 0 Å². The summed E-state index contributed by atoms with van der Waals surface area (Å²) in [5.41, 5.74) is 2.62. The maximum atomic E-state index is 13.6. The second-order valence-electron chi connectivity index (χ2n) is 8.90. The van der Waals surface area contributed by atoms with Crippen molar-refractivity contribution < 1.29 is 18.0 Å². The van der Waals surface area contributed by atoms with Gasteiger partial charge in [-0.3, -0.25) is 9.59 Å². The van der Waals surface area contributed by atoms with Crippen LogP contribution in [-0.2, 0) is 26.0 Å². The molecule has 7 nitrogen and oxygen atoms in total. The molecule has 9 heteroatoms. The van der Waals surface area contributed by atoms with Crippen LogP contribution in [0.2, 0.25) is 0 Å². The number of benzene rings is 2. The van der Waals surface area contributed by atoms with E-state index in [0.29, 0.717) is 48.9 Å². The van der Waals surface area contributed by atoms with Crippen LogP contribution in [0.3, 0.4) is 0 Å². The summed E-state index contributed by atoms with van der Waals surface area (Å²) in [5.74, 6) is -0.572. The molecule has 182 valence electrons. The second-order valence-corrected chi connectivity index (χ2v) is 11.7. The Morgan fingerprint density at radius 2 is 1.91 bits per heavy atom. The first-order valence-corrected chi connectivity index (χ1v) is 13.9. The Kier molecular flexibility index (Phi) is 7.45. The van der Waals surface area contributed by atoms with Crippen molar-refractivity contribution in [1.82, 2.24) is 9.62 Å². The Morgan fingerprint density at radius 3 is 2.62 bits per heavy atom. The molecule has 2 aromatic carbocycles. The first-order chi connectivity index (χ1) is 16.2. The Morgan fingerprint density at radius 1 is 1.18 bits per heavy atom. The Bertz CT molecular complexity index is 1190. The number of hydrogen-bond acceptors (Lipinski definition) is 4. The van der Waals surface area contributed by atoms with Gasteiger partial charge in [-0.25, -0.2) is 8.42 Å². The number of anilines is 1. The lowest BCUT2D eigenvalue weighted by molar-refractivity contribution is -0.126. The van der Waals surface area contributed by atoms with E-state index in [0.717, 1.165) is 11.1 Å². The van der Waals surface area contributed by atoms with Crippen LogP contribution in [0, 0.1) is 5.92 Å². The van der Waals surface area contributed by atoms with Crippen molar-refractivity contribution >= 4 is 43.5 Å². The molecular weight excluding hydrogens is 518 g/mol. The smallest absolute Gasteiger partial charge is 0.244 e. The van der Waals surface area contributed by atoms with Crippen LogP contribution in [0.25, 0.3) is 0 Å². The second kappa shape index (κ2) is 10.2. The van der Waals surface area contributed by atoms with Crippen molar-refractivity contribution in [1.29, 1.82) is 0 Å². The van der Waals surface area contributed by atoms with Crippen molar-refractivity contribution in [3.05, 3.63) is 58.1 Å². The largest absolute Gasteiger partial charge is 0.349 e. The molecule has 4 rings (SSSR count). The summed E-state index contributed by atoms with van der Waals surface area (Å²) in [6.45, 7) is 4.78. The number of nitrogens with zero attached hydrogens (tertiary/aromatic N) is 2. The highest BCUT2D eigenvalue weighted by Crippen LogP contribution is 2.37. The number of halogens is 1. The third-order valence-corrected chi connectivity index (χ3v) is 9.49. The number of sulfonamides is 1. The van der Waals surface area contributed by atoms with Crippen LogP contribution in [-0.4, -0.2) is 44.2 Å². The van der Waals surface area contributed by atoms with Crippen LogP contribution < -0.4 is 10.2 Å². The number of hydrogen-bond donors (Lipinski definition) is 1. The molecule has 0 bridgehead atoms. The predicted octanol–water partition coefficient (Wildman–Crippen LogP) is 4.03. The Hall–Kier alpha value is -2.23. The number of piperidine rings is 1. The monoisotopic (exact) mass is 547 g/mol. The van der Waals surface area contributed by atoms with Gasteiger partial charge in [0.15, 0.2) is 0 Å². The fourth-order valence-electron chi connectivity index (χ4n) is 4.71. The molecular formula is C25H30BrN3O4S. The van der Waals surface area contributed by atoms with E-state index >= 15 is 0 Å². The molecule has 0 radical (unpaired) electrons. The molecule has 2 aliphatic rings. The van der Waals surface area contributed by atoms with Crippen molar-refractivity contribution in [2.75, 3.05) is 24.5 Å². The molecule has 2 heterocycles. The van der Waals surface area contributed by atoms with Crippen molar-refractivity contribution in [3.8, 4) is 0 Å². The van der Waals surface area contributed by atoms with E-state index in [9.17, 15) is 18.0 Å². The fourth-order valence-corrected chi connectivity index (χ4v) is 7.30. The summed E-state index contributed by atoms with van der Waals surface area (Å²) in [5, 5.41) is 3.03. The van der Waals surface area contributed by atoms with Gasteiger partial charge >= 0.3 is 0 Å². The van der Waals surface area contributed by atoms with Crippen LogP contribution >= 0.6 is 15.9 Å². The number of fused-ring (bicyclic) bond motifs is 1. The zero-order valence-corrected chi connectivity index (χ0v) is 21.9. The third-order valence-electron chi connectivity index (χ3n) is 6.66. The fraction of sp³-hybridized carbons (Fsp3) is 0.440. The first-order valence-electron chi connectivity index (χ1n) is 11.7. The standard InChI is InChI=1S/C25H30BrN3O4S/c1-3-24(30)29-13-11-19-14-21(26)23(15-22(19)29)34(32,33)28-12-7-10-20(16-28)25(31)27-17(2)18-8-5-4-6-9-18/h4-6,8-9,14-15,17,20H,3,7,10-13,16H2,1-2H3,(H,27,31)/t17-,20+/m0/s1. The van der Waals surface area contributed by atoms with E-state index in [1.54, 1.807) is 24.0 Å². The van der Waals surface area contributed by atoms with Gasteiger partial charge in [0.25, 0.3) is 0 Å². The molecule has 2 atom stereocenters. The topological polar surface area (TPSA) is 86.8 Å². The maximum absolute atomic E-state index is 13.6. The normalized spacial score (nSPS) is 19.5. The average molecular weight is 549 g/mol. The van der Waals surface area contributed by atoms with Gasteiger partial charge in [0.05, 0.1) is 16.9 Å². The van der Waals surface area contributed by atoms with Gasteiger partial charge in [-0.1, -0.05) is 37.3 Å². The van der Waals surface area contributed by atoms with Gasteiger partial charge in [0, 0.05) is 36.2 Å². The zero-order chi connectivity index (χ0) is 24.5. The SMILES string of the molecule is CCC(=O)N1CCc2cc(Br)c(S(=O)(=O)N3CCC[C@@H](C(=O)N[C@@H](C)c4ccccc4)C3)cc21. The molecule has 2 aliphatic heterocycles. The quantitative estimate of drug-likeness (QED) is 0.591. The van der Waals surface area contributed by atoms with E-state index in [4.69, 9.17) is 0 Å². The Balaban J connectivity index is 1.53.